The van der Waals surface area contributed by atoms with Crippen LogP contribution < -0.4 is 30.6 Å². The van der Waals surface area contributed by atoms with Gasteiger partial charge in [-0.05, 0) is 49.8 Å². The van der Waals surface area contributed by atoms with Crippen LogP contribution in [0.1, 0.15) is 35.2 Å². The number of urea groups is 1. The van der Waals surface area contributed by atoms with Crippen molar-refractivity contribution in [3.63, 3.8) is 0 Å². The molecular weight excluding hydrogens is 515 g/mol. The van der Waals surface area contributed by atoms with E-state index in [2.05, 4.69) is 19.9 Å². The van der Waals surface area contributed by atoms with Gasteiger partial charge in [0.15, 0.2) is 23.1 Å². The lowest BCUT2D eigenvalue weighted by Gasteiger charge is -2.31. The molecule has 3 rings (SSSR count). The Hall–Kier alpha value is -3.26. The zero-order chi connectivity index (χ0) is 26.9. The standard InChI is InChI=1S/C23H30F3N5O5S/c1-34-15-11-16(35-2)19(26)14(18(15)25)12-36-21-17(20(27)32)22(37-30-21)29-23(33)28-7-3-13-4-8-31(9-5-13)10-6-24/h11,13H,3-10,12H2,1-2H3,(H2,27,32)(H2,28,29,33). The summed E-state index contributed by atoms with van der Waals surface area (Å²) in [6.07, 6.45) is 2.63. The number of carbonyl (C=O) groups is 2. The number of piperidine rings is 1. The lowest BCUT2D eigenvalue weighted by atomic mass is 9.93. The van der Waals surface area contributed by atoms with Gasteiger partial charge in [0.05, 0.1) is 19.8 Å². The summed E-state index contributed by atoms with van der Waals surface area (Å²) in [6.45, 7) is 1.53. The second-order valence-electron chi connectivity index (χ2n) is 8.38. The molecule has 0 unspecified atom stereocenters. The second kappa shape index (κ2) is 13.3. The third-order valence-electron chi connectivity index (χ3n) is 6.10. The summed E-state index contributed by atoms with van der Waals surface area (Å²) in [5, 5.41) is 5.27. The number of nitrogens with zero attached hydrogens (tertiary/aromatic N) is 2. The number of likely N-dealkylation sites (tertiary alicyclic amines) is 1. The molecule has 4 N–H and O–H groups in total. The molecule has 3 amide bonds. The molecule has 204 valence electrons. The molecule has 1 aliphatic heterocycles. The maximum Gasteiger partial charge on any atom is 0.319 e. The fraction of sp³-hybridized carbons (Fsp3) is 0.522. The molecule has 1 aliphatic rings. The number of nitrogens with one attached hydrogen (secondary N) is 2. The van der Waals surface area contributed by atoms with Crippen molar-refractivity contribution in [1.82, 2.24) is 14.6 Å². The summed E-state index contributed by atoms with van der Waals surface area (Å²) in [5.74, 6) is -3.30. The van der Waals surface area contributed by atoms with Gasteiger partial charge >= 0.3 is 6.03 Å². The summed E-state index contributed by atoms with van der Waals surface area (Å²) in [6, 6.07) is 0.490. The number of nitrogens with two attached hydrogens (primary N) is 1. The Bertz CT molecular complexity index is 1070. The molecule has 2 heterocycles. The lowest BCUT2D eigenvalue weighted by molar-refractivity contribution is 0.0996. The minimum absolute atomic E-state index is 0.0312. The number of aromatic nitrogens is 1. The Morgan fingerprint density at radius 1 is 1.19 bits per heavy atom. The normalized spacial score (nSPS) is 14.3. The Morgan fingerprint density at radius 2 is 1.84 bits per heavy atom. The van der Waals surface area contributed by atoms with Crippen LogP contribution in [0.3, 0.4) is 0 Å². The number of ether oxygens (including phenoxy) is 3. The number of carbonyl (C=O) groups excluding carboxylic acids is 2. The molecule has 37 heavy (non-hydrogen) atoms. The fourth-order valence-corrected chi connectivity index (χ4v) is 4.77. The van der Waals surface area contributed by atoms with E-state index < -0.39 is 35.7 Å². The lowest BCUT2D eigenvalue weighted by Crippen LogP contribution is -2.37. The molecule has 1 aromatic heterocycles. The molecule has 0 spiro atoms. The molecule has 0 aliphatic carbocycles. The van der Waals surface area contributed by atoms with Crippen molar-refractivity contribution < 1.29 is 37.0 Å². The van der Waals surface area contributed by atoms with Gasteiger partial charge in [-0.2, -0.15) is 4.37 Å². The number of amides is 3. The van der Waals surface area contributed by atoms with E-state index in [0.717, 1.165) is 50.0 Å². The third kappa shape index (κ3) is 7.16. The minimum Gasteiger partial charge on any atom is -0.494 e. The number of alkyl halides is 1. The van der Waals surface area contributed by atoms with E-state index in [4.69, 9.17) is 19.9 Å². The predicted molar refractivity (Wildman–Crippen MR) is 131 cm³/mol. The summed E-state index contributed by atoms with van der Waals surface area (Å²) >= 11 is 0.737. The van der Waals surface area contributed by atoms with E-state index >= 15 is 0 Å². The van der Waals surface area contributed by atoms with Crippen molar-refractivity contribution >= 4 is 28.5 Å². The number of halogens is 3. The highest BCUT2D eigenvalue weighted by molar-refractivity contribution is 7.11. The first-order valence-electron chi connectivity index (χ1n) is 11.6. The van der Waals surface area contributed by atoms with Crippen LogP contribution in [0, 0.1) is 17.6 Å². The van der Waals surface area contributed by atoms with Gasteiger partial charge in [-0.1, -0.05) is 0 Å². The number of anilines is 1. The van der Waals surface area contributed by atoms with Gasteiger partial charge in [-0.25, -0.2) is 18.0 Å². The van der Waals surface area contributed by atoms with Gasteiger partial charge in [0.25, 0.3) is 5.91 Å². The molecule has 0 bridgehead atoms. The summed E-state index contributed by atoms with van der Waals surface area (Å²) in [7, 11) is 2.43. The Kier molecular flexibility index (Phi) is 10.2. The van der Waals surface area contributed by atoms with Crippen LogP contribution in [-0.2, 0) is 6.61 Å². The molecule has 0 radical (unpaired) electrons. The predicted octanol–water partition coefficient (Wildman–Crippen LogP) is 3.31. The van der Waals surface area contributed by atoms with Crippen molar-refractivity contribution in [2.45, 2.75) is 25.9 Å². The third-order valence-corrected chi connectivity index (χ3v) is 6.84. The van der Waals surface area contributed by atoms with Crippen LogP contribution in [0.5, 0.6) is 17.4 Å². The van der Waals surface area contributed by atoms with E-state index in [1.807, 2.05) is 0 Å². The Balaban J connectivity index is 1.59. The largest absolute Gasteiger partial charge is 0.494 e. The Labute approximate surface area is 216 Å². The van der Waals surface area contributed by atoms with Gasteiger partial charge < -0.3 is 30.2 Å². The maximum atomic E-state index is 14.6. The molecule has 2 aromatic rings. The van der Waals surface area contributed by atoms with Crippen LogP contribution in [0.4, 0.5) is 23.0 Å². The first-order chi connectivity index (χ1) is 17.8. The summed E-state index contributed by atoms with van der Waals surface area (Å²) in [5.41, 5.74) is 4.72. The molecule has 0 atom stereocenters. The quantitative estimate of drug-likeness (QED) is 0.373. The van der Waals surface area contributed by atoms with Crippen molar-refractivity contribution in [3.8, 4) is 17.4 Å². The van der Waals surface area contributed by atoms with Crippen LogP contribution in [-0.4, -0.2) is 68.3 Å². The highest BCUT2D eigenvalue weighted by Gasteiger charge is 2.25. The van der Waals surface area contributed by atoms with Gasteiger partial charge in [0.1, 0.15) is 23.8 Å². The minimum atomic E-state index is -0.998. The van der Waals surface area contributed by atoms with Gasteiger partial charge in [0, 0.05) is 19.2 Å². The molecule has 14 heteroatoms. The van der Waals surface area contributed by atoms with Gasteiger partial charge in [0.2, 0.25) is 5.88 Å². The smallest absolute Gasteiger partial charge is 0.319 e. The average molecular weight is 546 g/mol. The molecule has 1 aromatic carbocycles. The van der Waals surface area contributed by atoms with Crippen LogP contribution in [0.25, 0.3) is 0 Å². The van der Waals surface area contributed by atoms with Crippen LogP contribution in [0.15, 0.2) is 6.07 Å². The van der Waals surface area contributed by atoms with E-state index in [1.54, 1.807) is 0 Å². The number of hydrogen-bond acceptors (Lipinski definition) is 8. The van der Waals surface area contributed by atoms with Crippen LogP contribution in [0.2, 0.25) is 0 Å². The summed E-state index contributed by atoms with van der Waals surface area (Å²) in [4.78, 5) is 26.5. The molecular formula is C23H30F3N5O5S. The second-order valence-corrected chi connectivity index (χ2v) is 9.15. The van der Waals surface area contributed by atoms with E-state index in [0.29, 0.717) is 19.0 Å². The molecule has 1 fully saturated rings. The summed E-state index contributed by atoms with van der Waals surface area (Å²) < 4.78 is 60.8. The van der Waals surface area contributed by atoms with Crippen molar-refractivity contribution in [3.05, 3.63) is 28.8 Å². The van der Waals surface area contributed by atoms with Gasteiger partial charge in [-0.3, -0.25) is 10.1 Å². The number of benzene rings is 1. The van der Waals surface area contributed by atoms with E-state index in [9.17, 15) is 22.8 Å². The number of hydrogen-bond donors (Lipinski definition) is 3. The molecule has 1 saturated heterocycles. The number of rotatable bonds is 12. The topological polar surface area (TPSA) is 128 Å². The van der Waals surface area contributed by atoms with E-state index in [1.165, 1.54) is 14.2 Å². The van der Waals surface area contributed by atoms with Crippen molar-refractivity contribution in [1.29, 1.82) is 0 Å². The van der Waals surface area contributed by atoms with Crippen LogP contribution >= 0.6 is 11.5 Å². The SMILES string of the molecule is COc1cc(OC)c(F)c(COc2nsc(NC(=O)NCCC3CCN(CCF)CC3)c2C(N)=O)c1F. The van der Waals surface area contributed by atoms with Crippen molar-refractivity contribution in [2.24, 2.45) is 11.7 Å². The monoisotopic (exact) mass is 545 g/mol. The first kappa shape index (κ1) is 28.3. The highest BCUT2D eigenvalue weighted by Crippen LogP contribution is 2.34. The molecule has 0 saturated carbocycles. The van der Waals surface area contributed by atoms with E-state index in [-0.39, 0.29) is 34.6 Å². The average Bonchev–Trinajstić information content (AvgIpc) is 3.27. The zero-order valence-corrected chi connectivity index (χ0v) is 21.4. The Morgan fingerprint density at radius 3 is 2.41 bits per heavy atom. The number of primary amides is 1. The zero-order valence-electron chi connectivity index (χ0n) is 20.6. The first-order valence-corrected chi connectivity index (χ1v) is 12.4. The fourth-order valence-electron chi connectivity index (χ4n) is 4.04. The van der Waals surface area contributed by atoms with Gasteiger partial charge in [-0.15, -0.1) is 0 Å². The molecule has 10 nitrogen and oxygen atoms in total. The number of methoxy groups -OCH3 is 2. The highest BCUT2D eigenvalue weighted by atomic mass is 32.1. The maximum absolute atomic E-state index is 14.6. The van der Waals surface area contributed by atoms with Crippen molar-refractivity contribution in [2.75, 3.05) is 52.4 Å².